The maximum Gasteiger partial charge on any atom is 0.200 e. The number of ether oxygens (including phenoxy) is 1. The lowest BCUT2D eigenvalue weighted by atomic mass is 9.87. The van der Waals surface area contributed by atoms with Crippen LogP contribution in [-0.4, -0.2) is 7.11 Å². The van der Waals surface area contributed by atoms with Crippen LogP contribution in [0.4, 0.5) is 0 Å². The summed E-state index contributed by atoms with van der Waals surface area (Å²) in [4.78, 5) is 1.38. The van der Waals surface area contributed by atoms with Gasteiger partial charge in [0.15, 0.2) is 9.64 Å². The Labute approximate surface area is 182 Å². The van der Waals surface area contributed by atoms with Crippen LogP contribution in [0.25, 0.3) is 5.57 Å². The number of hydrogen-bond donors (Lipinski definition) is 0. The van der Waals surface area contributed by atoms with Gasteiger partial charge >= 0.3 is 0 Å². The standard InChI is InChI=1S/C23H20OS.ClHO4/c1-17-16-23(18-8-4-3-5-9-18,19-12-14-20(24-2)15-13-19)25-22-11-7-6-10-21(17)22;2-1(3,4)5/h3-16H,1-2H3;(H,2,3,4,5). The van der Waals surface area contributed by atoms with Crippen LogP contribution in [0.15, 0.2) is 89.8 Å². The highest BCUT2D eigenvalue weighted by Crippen LogP contribution is 2.45. The highest BCUT2D eigenvalue weighted by atomic mass is 35.7. The lowest BCUT2D eigenvalue weighted by Gasteiger charge is -2.29. The third kappa shape index (κ3) is 5.23. The fraction of sp³-hybridized carbons (Fsp3) is 0.130. The van der Waals surface area contributed by atoms with E-state index >= 15 is 0 Å². The number of rotatable bonds is 3. The fourth-order valence-corrected chi connectivity index (χ4v) is 5.24. The summed E-state index contributed by atoms with van der Waals surface area (Å²) >= 11 is 1.28. The minimum Gasteiger partial charge on any atom is -0.497 e. The second-order valence-electron chi connectivity index (χ2n) is 6.70. The summed E-state index contributed by atoms with van der Waals surface area (Å²) in [7, 11) is -3.23. The lowest BCUT2D eigenvalue weighted by Crippen LogP contribution is -2.68. The van der Waals surface area contributed by atoms with Crippen molar-refractivity contribution in [2.24, 2.45) is 0 Å². The van der Waals surface area contributed by atoms with E-state index in [1.165, 1.54) is 38.9 Å². The van der Waals surface area contributed by atoms with Gasteiger partial charge in [-0.3, -0.25) is 0 Å². The average molecular weight is 445 g/mol. The summed E-state index contributed by atoms with van der Waals surface area (Å²) in [6.07, 6.45) is 2.42. The summed E-state index contributed by atoms with van der Waals surface area (Å²) in [5.41, 5.74) is 5.28. The Bertz CT molecular complexity index is 1010. The topological polar surface area (TPSA) is 101 Å². The molecule has 0 N–H and O–H groups in total. The van der Waals surface area contributed by atoms with Crippen molar-refractivity contribution in [2.75, 3.05) is 7.11 Å². The van der Waals surface area contributed by atoms with Gasteiger partial charge in [0, 0.05) is 28.5 Å². The first kappa shape index (κ1) is 22.4. The van der Waals surface area contributed by atoms with Gasteiger partial charge in [0.05, 0.1) is 7.11 Å². The third-order valence-corrected chi connectivity index (χ3v) is 6.42. The molecule has 0 amide bonds. The maximum atomic E-state index is 8.49. The zero-order chi connectivity index (χ0) is 21.8. The molecule has 0 radical (unpaired) electrons. The zero-order valence-electron chi connectivity index (χ0n) is 16.4. The minimum atomic E-state index is -4.94. The average Bonchev–Trinajstić information content (AvgIpc) is 2.73. The van der Waals surface area contributed by atoms with Gasteiger partial charge in [0.2, 0.25) is 0 Å². The van der Waals surface area contributed by atoms with E-state index in [1.807, 2.05) is 0 Å². The smallest absolute Gasteiger partial charge is 0.200 e. The van der Waals surface area contributed by atoms with Gasteiger partial charge in [0.1, 0.15) is 5.75 Å². The van der Waals surface area contributed by atoms with Crippen LogP contribution < -0.4 is 23.4 Å². The van der Waals surface area contributed by atoms with Crippen molar-refractivity contribution in [1.82, 2.24) is 0 Å². The van der Waals surface area contributed by atoms with E-state index < -0.39 is 10.2 Å². The van der Waals surface area contributed by atoms with Crippen LogP contribution in [0, 0.1) is 10.2 Å². The fourth-order valence-electron chi connectivity index (χ4n) is 3.52. The van der Waals surface area contributed by atoms with Crippen molar-refractivity contribution < 1.29 is 33.6 Å². The van der Waals surface area contributed by atoms with Gasteiger partial charge in [-0.15, -0.1) is 10.2 Å². The van der Waals surface area contributed by atoms with Gasteiger partial charge < -0.3 is 4.74 Å². The molecule has 4 rings (SSSR count). The van der Waals surface area contributed by atoms with Crippen molar-refractivity contribution in [1.29, 1.82) is 0 Å². The summed E-state index contributed by atoms with van der Waals surface area (Å²) in [5, 5.41) is 0. The molecule has 0 bridgehead atoms. The molecular formula is C23H21ClO5S. The van der Waals surface area contributed by atoms with Crippen molar-refractivity contribution in [2.45, 2.75) is 16.6 Å². The van der Waals surface area contributed by atoms with Crippen molar-refractivity contribution in [3.63, 3.8) is 0 Å². The number of thiol groups is 1. The Morgan fingerprint density at radius 2 is 1.30 bits per heavy atom. The highest BCUT2D eigenvalue weighted by Gasteiger charge is 2.44. The van der Waals surface area contributed by atoms with Crippen LogP contribution in [0.1, 0.15) is 23.6 Å². The second-order valence-corrected chi connectivity index (χ2v) is 8.86. The Morgan fingerprint density at radius 1 is 0.767 bits per heavy atom. The van der Waals surface area contributed by atoms with Gasteiger partial charge in [-0.2, -0.15) is 0 Å². The van der Waals surface area contributed by atoms with Crippen LogP contribution in [0.3, 0.4) is 0 Å². The van der Waals surface area contributed by atoms with Gasteiger partial charge in [-0.05, 0) is 55.0 Å². The summed E-state index contributed by atoms with van der Waals surface area (Å²) in [6, 6.07) is 28.0. The molecule has 0 saturated carbocycles. The van der Waals surface area contributed by atoms with Crippen molar-refractivity contribution in [3.05, 3.63) is 102 Å². The third-order valence-electron chi connectivity index (χ3n) is 4.80. The molecule has 3 aromatic carbocycles. The van der Waals surface area contributed by atoms with Gasteiger partial charge in [0.25, 0.3) is 0 Å². The largest absolute Gasteiger partial charge is 0.497 e. The second kappa shape index (κ2) is 9.22. The molecule has 0 fully saturated rings. The molecule has 7 heteroatoms. The first-order chi connectivity index (χ1) is 14.2. The molecule has 1 unspecified atom stereocenters. The molecule has 0 saturated heterocycles. The van der Waals surface area contributed by atoms with Crippen molar-refractivity contribution >= 4 is 17.3 Å². The molecule has 1 aliphatic heterocycles. The zero-order valence-corrected chi connectivity index (χ0v) is 18.1. The molecule has 0 aliphatic carbocycles. The molecule has 1 aliphatic rings. The number of benzene rings is 3. The Balaban J connectivity index is 0.000000461. The molecule has 0 aromatic heterocycles. The van der Waals surface area contributed by atoms with Crippen LogP contribution in [0.5, 0.6) is 5.75 Å². The quantitative estimate of drug-likeness (QED) is 0.432. The van der Waals surface area contributed by atoms with E-state index in [9.17, 15) is 0 Å². The first-order valence-corrected chi connectivity index (χ1v) is 11.2. The van der Waals surface area contributed by atoms with Crippen LogP contribution in [-0.2, 0) is 16.5 Å². The molecular weight excluding hydrogens is 424 g/mol. The molecule has 156 valence electrons. The van der Waals surface area contributed by atoms with E-state index in [1.54, 1.807) is 7.11 Å². The highest BCUT2D eigenvalue weighted by molar-refractivity contribution is 7.80. The number of fused-ring (bicyclic) bond motifs is 1. The Morgan fingerprint density at radius 3 is 1.90 bits per heavy atom. The summed E-state index contributed by atoms with van der Waals surface area (Å²) in [6.45, 7) is 2.22. The lowest BCUT2D eigenvalue weighted by molar-refractivity contribution is -2.00. The predicted molar refractivity (Wildman–Crippen MR) is 107 cm³/mol. The SMILES string of the molecule is COc1ccc(C2(c3ccccc3)C=C(C)c3ccccc3[SH+]2)cc1.[O-][Cl+3]([O-])([O-])[O-]. The summed E-state index contributed by atoms with van der Waals surface area (Å²) in [5.74, 6) is 0.889. The Hall–Kier alpha value is -2.32. The molecule has 5 nitrogen and oxygen atoms in total. The molecule has 1 atom stereocenters. The predicted octanol–water partition coefficient (Wildman–Crippen LogP) is 0.474. The molecule has 3 aromatic rings. The minimum absolute atomic E-state index is 0.175. The van der Waals surface area contributed by atoms with E-state index in [2.05, 4.69) is 91.9 Å². The molecule has 30 heavy (non-hydrogen) atoms. The monoisotopic (exact) mass is 444 g/mol. The molecule has 0 spiro atoms. The van der Waals surface area contributed by atoms with Gasteiger partial charge in [-0.1, -0.05) is 42.5 Å². The van der Waals surface area contributed by atoms with E-state index in [-0.39, 0.29) is 4.75 Å². The number of hydrogen-bond acceptors (Lipinski definition) is 5. The number of halogens is 1. The van der Waals surface area contributed by atoms with Gasteiger partial charge in [-0.25, -0.2) is 18.6 Å². The van der Waals surface area contributed by atoms with E-state index in [4.69, 9.17) is 23.4 Å². The molecule has 1 heterocycles. The number of methoxy groups -OCH3 is 1. The van der Waals surface area contributed by atoms with Crippen LogP contribution >= 0.6 is 0 Å². The van der Waals surface area contributed by atoms with E-state index in [0.717, 1.165) is 5.75 Å². The first-order valence-electron chi connectivity index (χ1n) is 9.06. The normalized spacial score (nSPS) is 17.9. The summed E-state index contributed by atoms with van der Waals surface area (Å²) < 4.78 is 39.2. The van der Waals surface area contributed by atoms with E-state index in [0.29, 0.717) is 0 Å². The number of allylic oxidation sites excluding steroid dienone is 1. The maximum absolute atomic E-state index is 8.49. The van der Waals surface area contributed by atoms with Crippen LogP contribution in [0.2, 0.25) is 0 Å². The van der Waals surface area contributed by atoms with Crippen molar-refractivity contribution in [3.8, 4) is 5.75 Å². The Kier molecular flexibility index (Phi) is 6.88.